The summed E-state index contributed by atoms with van der Waals surface area (Å²) in [5.74, 6) is 0. The fourth-order valence-electron chi connectivity index (χ4n) is 3.17. The van der Waals surface area contributed by atoms with Gasteiger partial charge in [-0.1, -0.05) is 28.1 Å². The van der Waals surface area contributed by atoms with Crippen LogP contribution in [-0.2, 0) is 0 Å². The third-order valence-electron chi connectivity index (χ3n) is 4.20. The SMILES string of the molecule is Cc1ccc(C(CN)N2CCCC2CN(C)C)cc1Br. The topological polar surface area (TPSA) is 32.5 Å². The van der Waals surface area contributed by atoms with E-state index in [9.17, 15) is 0 Å². The smallest absolute Gasteiger partial charge is 0.0474 e. The minimum absolute atomic E-state index is 0.333. The summed E-state index contributed by atoms with van der Waals surface area (Å²) in [4.78, 5) is 4.87. The molecule has 0 aliphatic carbocycles. The van der Waals surface area contributed by atoms with E-state index in [1.807, 2.05) is 0 Å². The number of aryl methyl sites for hydroxylation is 1. The van der Waals surface area contributed by atoms with E-state index in [1.165, 1.54) is 28.4 Å². The standard InChI is InChI=1S/C16H26BrN3/c1-12-6-7-13(9-15(12)17)16(10-18)20-8-4-5-14(20)11-19(2)3/h6-7,9,14,16H,4-5,8,10-11,18H2,1-3H3. The number of halogens is 1. The Kier molecular flexibility index (Phi) is 5.61. The molecule has 1 aliphatic rings. The fourth-order valence-corrected chi connectivity index (χ4v) is 3.56. The third-order valence-corrected chi connectivity index (χ3v) is 5.06. The zero-order valence-electron chi connectivity index (χ0n) is 12.8. The van der Waals surface area contributed by atoms with Gasteiger partial charge in [0, 0.05) is 29.6 Å². The molecule has 1 aromatic rings. The van der Waals surface area contributed by atoms with E-state index in [4.69, 9.17) is 5.73 Å². The van der Waals surface area contributed by atoms with E-state index in [-0.39, 0.29) is 0 Å². The zero-order chi connectivity index (χ0) is 14.7. The number of benzene rings is 1. The van der Waals surface area contributed by atoms with Crippen LogP contribution in [-0.4, -0.2) is 49.6 Å². The predicted octanol–water partition coefficient (Wildman–Crippen LogP) is 2.78. The highest BCUT2D eigenvalue weighted by Crippen LogP contribution is 2.31. The monoisotopic (exact) mass is 339 g/mol. The Balaban J connectivity index is 2.20. The second-order valence-electron chi connectivity index (χ2n) is 6.06. The van der Waals surface area contributed by atoms with Gasteiger partial charge in [-0.05, 0) is 57.6 Å². The van der Waals surface area contributed by atoms with Crippen LogP contribution < -0.4 is 5.73 Å². The molecular weight excluding hydrogens is 314 g/mol. The summed E-state index contributed by atoms with van der Waals surface area (Å²) in [6.45, 7) is 5.07. The summed E-state index contributed by atoms with van der Waals surface area (Å²) in [5.41, 5.74) is 8.70. The number of likely N-dealkylation sites (N-methyl/N-ethyl adjacent to an activating group) is 1. The van der Waals surface area contributed by atoms with Crippen LogP contribution >= 0.6 is 15.9 Å². The Morgan fingerprint density at radius 2 is 2.20 bits per heavy atom. The molecule has 0 saturated carbocycles. The lowest BCUT2D eigenvalue weighted by Gasteiger charge is -2.34. The highest BCUT2D eigenvalue weighted by atomic mass is 79.9. The average molecular weight is 340 g/mol. The van der Waals surface area contributed by atoms with Crippen LogP contribution in [0.2, 0.25) is 0 Å². The zero-order valence-corrected chi connectivity index (χ0v) is 14.4. The second-order valence-corrected chi connectivity index (χ2v) is 6.91. The average Bonchev–Trinajstić information content (AvgIpc) is 2.82. The van der Waals surface area contributed by atoms with Crippen LogP contribution in [0.25, 0.3) is 0 Å². The Hall–Kier alpha value is -0.420. The molecular formula is C16H26BrN3. The minimum atomic E-state index is 0.333. The van der Waals surface area contributed by atoms with Gasteiger partial charge < -0.3 is 10.6 Å². The highest BCUT2D eigenvalue weighted by Gasteiger charge is 2.31. The molecule has 20 heavy (non-hydrogen) atoms. The fraction of sp³-hybridized carbons (Fsp3) is 0.625. The highest BCUT2D eigenvalue weighted by molar-refractivity contribution is 9.10. The number of nitrogens with two attached hydrogens (primary N) is 1. The van der Waals surface area contributed by atoms with Gasteiger partial charge in [0.05, 0.1) is 0 Å². The Morgan fingerprint density at radius 3 is 2.80 bits per heavy atom. The van der Waals surface area contributed by atoms with E-state index in [0.29, 0.717) is 18.6 Å². The van der Waals surface area contributed by atoms with Crippen LogP contribution in [0, 0.1) is 6.92 Å². The van der Waals surface area contributed by atoms with Gasteiger partial charge in [0.25, 0.3) is 0 Å². The first-order valence-electron chi connectivity index (χ1n) is 7.39. The van der Waals surface area contributed by atoms with Crippen LogP contribution in [0.15, 0.2) is 22.7 Å². The molecule has 1 aliphatic heterocycles. The Morgan fingerprint density at radius 1 is 1.45 bits per heavy atom. The number of rotatable bonds is 5. The lowest BCUT2D eigenvalue weighted by atomic mass is 10.0. The first-order valence-corrected chi connectivity index (χ1v) is 8.18. The van der Waals surface area contributed by atoms with Crippen LogP contribution in [0.5, 0.6) is 0 Å². The van der Waals surface area contributed by atoms with Crippen LogP contribution in [0.3, 0.4) is 0 Å². The van der Waals surface area contributed by atoms with Crippen molar-refractivity contribution >= 4 is 15.9 Å². The van der Waals surface area contributed by atoms with E-state index >= 15 is 0 Å². The number of hydrogen-bond donors (Lipinski definition) is 1. The summed E-state index contributed by atoms with van der Waals surface area (Å²) in [5, 5.41) is 0. The third kappa shape index (κ3) is 3.61. The van der Waals surface area contributed by atoms with Gasteiger partial charge in [-0.15, -0.1) is 0 Å². The number of likely N-dealkylation sites (tertiary alicyclic amines) is 1. The summed E-state index contributed by atoms with van der Waals surface area (Å²) in [6, 6.07) is 7.60. The summed E-state index contributed by atoms with van der Waals surface area (Å²) in [7, 11) is 4.30. The molecule has 2 unspecified atom stereocenters. The maximum absolute atomic E-state index is 6.10. The number of hydrogen-bond acceptors (Lipinski definition) is 3. The molecule has 2 rings (SSSR count). The van der Waals surface area contributed by atoms with Crippen LogP contribution in [0.4, 0.5) is 0 Å². The molecule has 3 nitrogen and oxygen atoms in total. The van der Waals surface area contributed by atoms with Gasteiger partial charge in [0.1, 0.15) is 0 Å². The molecule has 112 valence electrons. The maximum Gasteiger partial charge on any atom is 0.0474 e. The minimum Gasteiger partial charge on any atom is -0.329 e. The van der Waals surface area contributed by atoms with E-state index < -0.39 is 0 Å². The molecule has 0 amide bonds. The van der Waals surface area contributed by atoms with Gasteiger partial charge in [0.2, 0.25) is 0 Å². The van der Waals surface area contributed by atoms with Crippen LogP contribution in [0.1, 0.15) is 30.0 Å². The molecule has 2 N–H and O–H groups in total. The largest absolute Gasteiger partial charge is 0.329 e. The first-order chi connectivity index (χ1) is 9.52. The van der Waals surface area contributed by atoms with Gasteiger partial charge in [-0.3, -0.25) is 4.90 Å². The lowest BCUT2D eigenvalue weighted by molar-refractivity contribution is 0.156. The quantitative estimate of drug-likeness (QED) is 0.895. The molecule has 1 fully saturated rings. The molecule has 2 atom stereocenters. The first kappa shape index (κ1) is 16.0. The predicted molar refractivity (Wildman–Crippen MR) is 89.0 cm³/mol. The van der Waals surface area contributed by atoms with Crippen molar-refractivity contribution in [2.24, 2.45) is 5.73 Å². The van der Waals surface area contributed by atoms with Crippen molar-refractivity contribution < 1.29 is 0 Å². The molecule has 1 heterocycles. The summed E-state index contributed by atoms with van der Waals surface area (Å²) in [6.07, 6.45) is 2.56. The number of nitrogens with zero attached hydrogens (tertiary/aromatic N) is 2. The molecule has 0 bridgehead atoms. The van der Waals surface area contributed by atoms with Crippen molar-refractivity contribution in [1.29, 1.82) is 0 Å². The lowest BCUT2D eigenvalue weighted by Crippen LogP contribution is -2.42. The van der Waals surface area contributed by atoms with Crippen molar-refractivity contribution in [3.63, 3.8) is 0 Å². The van der Waals surface area contributed by atoms with Crippen molar-refractivity contribution in [2.75, 3.05) is 33.7 Å². The molecule has 0 aromatic heterocycles. The Labute approximate surface area is 131 Å². The normalized spacial score (nSPS) is 21.6. The molecule has 0 radical (unpaired) electrons. The Bertz CT molecular complexity index is 447. The van der Waals surface area contributed by atoms with E-state index in [1.54, 1.807) is 0 Å². The van der Waals surface area contributed by atoms with E-state index in [2.05, 4.69) is 64.9 Å². The van der Waals surface area contributed by atoms with Gasteiger partial charge in [-0.2, -0.15) is 0 Å². The van der Waals surface area contributed by atoms with Gasteiger partial charge in [-0.25, -0.2) is 0 Å². The molecule has 1 saturated heterocycles. The second kappa shape index (κ2) is 7.03. The van der Waals surface area contributed by atoms with Crippen molar-refractivity contribution in [3.8, 4) is 0 Å². The van der Waals surface area contributed by atoms with Gasteiger partial charge in [0.15, 0.2) is 0 Å². The van der Waals surface area contributed by atoms with Crippen molar-refractivity contribution in [2.45, 2.75) is 31.8 Å². The molecule has 0 spiro atoms. The molecule has 1 aromatic carbocycles. The maximum atomic E-state index is 6.10. The van der Waals surface area contributed by atoms with Gasteiger partial charge >= 0.3 is 0 Å². The summed E-state index contributed by atoms with van der Waals surface area (Å²) >= 11 is 3.64. The summed E-state index contributed by atoms with van der Waals surface area (Å²) < 4.78 is 1.18. The molecule has 4 heteroatoms. The van der Waals surface area contributed by atoms with Crippen molar-refractivity contribution in [1.82, 2.24) is 9.80 Å². The van der Waals surface area contributed by atoms with E-state index in [0.717, 1.165) is 13.1 Å². The van der Waals surface area contributed by atoms with Crippen molar-refractivity contribution in [3.05, 3.63) is 33.8 Å².